The van der Waals surface area contributed by atoms with Crippen molar-refractivity contribution >= 4 is 11.7 Å². The van der Waals surface area contributed by atoms with E-state index in [2.05, 4.69) is 33.6 Å². The minimum absolute atomic E-state index is 0.0289. The molecular formula is C39H61N5O2. The summed E-state index contributed by atoms with van der Waals surface area (Å²) in [5.41, 5.74) is 2.75. The lowest BCUT2D eigenvalue weighted by Crippen LogP contribution is -2.47. The van der Waals surface area contributed by atoms with Crippen LogP contribution in [0.5, 0.6) is 0 Å². The number of aromatic nitrogens is 2. The molecular weight excluding hydrogens is 570 g/mol. The fourth-order valence-electron chi connectivity index (χ4n) is 10.9. The SMILES string of the molecule is COC(=O)C1CCC2CC(C3CCC(c4ncc(N5CCN(CCC6CCCCC6)CC5)cn4)CC3)CCC2C1C1=CCNCC1. The van der Waals surface area contributed by atoms with Crippen LogP contribution in [0.2, 0.25) is 0 Å². The van der Waals surface area contributed by atoms with E-state index in [4.69, 9.17) is 14.7 Å². The van der Waals surface area contributed by atoms with Crippen LogP contribution in [-0.2, 0) is 9.53 Å². The van der Waals surface area contributed by atoms with Gasteiger partial charge in [0.05, 0.1) is 31.1 Å². The van der Waals surface area contributed by atoms with Crippen molar-refractivity contribution in [2.75, 3.05) is 57.8 Å². The second-order valence-corrected chi connectivity index (χ2v) is 16.0. The summed E-state index contributed by atoms with van der Waals surface area (Å²) in [6, 6.07) is 0. The molecule has 7 heteroatoms. The summed E-state index contributed by atoms with van der Waals surface area (Å²) in [5, 5.41) is 3.48. The molecule has 5 unspecified atom stereocenters. The van der Waals surface area contributed by atoms with E-state index in [-0.39, 0.29) is 11.9 Å². The zero-order valence-corrected chi connectivity index (χ0v) is 28.7. The Labute approximate surface area is 278 Å². The molecule has 4 saturated carbocycles. The van der Waals surface area contributed by atoms with Gasteiger partial charge in [-0.05, 0) is 119 Å². The van der Waals surface area contributed by atoms with E-state index in [0.717, 1.165) is 68.5 Å². The highest BCUT2D eigenvalue weighted by Crippen LogP contribution is 2.54. The highest BCUT2D eigenvalue weighted by Gasteiger charge is 2.47. The first-order chi connectivity index (χ1) is 22.7. The normalized spacial score (nSPS) is 34.8. The summed E-state index contributed by atoms with van der Waals surface area (Å²) in [6.07, 6.45) is 27.7. The van der Waals surface area contributed by atoms with Gasteiger partial charge < -0.3 is 15.0 Å². The van der Waals surface area contributed by atoms with E-state index in [0.29, 0.717) is 17.8 Å². The predicted octanol–water partition coefficient (Wildman–Crippen LogP) is 6.99. The summed E-state index contributed by atoms with van der Waals surface area (Å²) in [5.74, 6) is 6.20. The van der Waals surface area contributed by atoms with Crippen LogP contribution < -0.4 is 10.2 Å². The molecule has 5 atom stereocenters. The van der Waals surface area contributed by atoms with E-state index < -0.39 is 0 Å². The Balaban J connectivity index is 0.872. The van der Waals surface area contributed by atoms with Gasteiger partial charge in [0.2, 0.25) is 0 Å². The Hall–Kier alpha value is -1.99. The predicted molar refractivity (Wildman–Crippen MR) is 185 cm³/mol. The van der Waals surface area contributed by atoms with E-state index in [1.54, 1.807) is 12.7 Å². The maximum Gasteiger partial charge on any atom is 0.309 e. The number of methoxy groups -OCH3 is 1. The fraction of sp³-hybridized carbons (Fsp3) is 0.821. The van der Waals surface area contributed by atoms with E-state index in [9.17, 15) is 4.79 Å². The molecule has 0 spiro atoms. The molecule has 1 saturated heterocycles. The lowest BCUT2D eigenvalue weighted by atomic mass is 9.55. The number of carbonyl (C=O) groups excluding carboxylic acids is 1. The molecule has 0 bridgehead atoms. The summed E-state index contributed by atoms with van der Waals surface area (Å²) < 4.78 is 5.32. The largest absolute Gasteiger partial charge is 0.469 e. The minimum Gasteiger partial charge on any atom is -0.469 e. The number of anilines is 1. The van der Waals surface area contributed by atoms with Crippen molar-refractivity contribution in [3.63, 3.8) is 0 Å². The van der Waals surface area contributed by atoms with Crippen molar-refractivity contribution < 1.29 is 9.53 Å². The molecule has 7 nitrogen and oxygen atoms in total. The second-order valence-electron chi connectivity index (χ2n) is 16.0. The van der Waals surface area contributed by atoms with Crippen LogP contribution in [0, 0.1) is 41.4 Å². The first-order valence-corrected chi connectivity index (χ1v) is 19.4. The summed E-state index contributed by atoms with van der Waals surface area (Å²) >= 11 is 0. The van der Waals surface area contributed by atoms with Crippen molar-refractivity contribution in [3.05, 3.63) is 29.9 Å². The Morgan fingerprint density at radius 3 is 2.33 bits per heavy atom. The van der Waals surface area contributed by atoms with E-state index in [1.807, 2.05) is 0 Å². The summed E-state index contributed by atoms with van der Waals surface area (Å²) in [7, 11) is 1.58. The van der Waals surface area contributed by atoms with Crippen molar-refractivity contribution in [3.8, 4) is 0 Å². The Morgan fingerprint density at radius 1 is 0.870 bits per heavy atom. The molecule has 7 rings (SSSR count). The Bertz CT molecular complexity index is 1150. The van der Waals surface area contributed by atoms with Crippen molar-refractivity contribution in [2.45, 2.75) is 109 Å². The number of hydrogen-bond acceptors (Lipinski definition) is 7. The molecule has 1 aromatic rings. The van der Waals surface area contributed by atoms with Crippen LogP contribution in [0.4, 0.5) is 5.69 Å². The average Bonchev–Trinajstić information content (AvgIpc) is 3.14. The molecule has 0 amide bonds. The van der Waals surface area contributed by atoms with Crippen LogP contribution in [-0.4, -0.2) is 73.8 Å². The van der Waals surface area contributed by atoms with Crippen LogP contribution in [0.15, 0.2) is 24.0 Å². The van der Waals surface area contributed by atoms with Crippen molar-refractivity contribution in [2.24, 2.45) is 41.4 Å². The van der Waals surface area contributed by atoms with Crippen molar-refractivity contribution in [1.82, 2.24) is 20.2 Å². The number of carbonyl (C=O) groups is 1. The highest BCUT2D eigenvalue weighted by molar-refractivity contribution is 5.73. The van der Waals surface area contributed by atoms with E-state index >= 15 is 0 Å². The third kappa shape index (κ3) is 7.51. The fourth-order valence-corrected chi connectivity index (χ4v) is 10.9. The lowest BCUT2D eigenvalue weighted by Gasteiger charge is -2.49. The molecule has 5 fully saturated rings. The Morgan fingerprint density at radius 2 is 1.61 bits per heavy atom. The zero-order valence-electron chi connectivity index (χ0n) is 28.7. The molecule has 1 N–H and O–H groups in total. The molecule has 6 aliphatic rings. The summed E-state index contributed by atoms with van der Waals surface area (Å²) in [6.45, 7) is 7.81. The van der Waals surface area contributed by atoms with Crippen LogP contribution >= 0.6 is 0 Å². The number of ether oxygens (including phenoxy) is 1. The smallest absolute Gasteiger partial charge is 0.309 e. The minimum atomic E-state index is 0.0289. The maximum absolute atomic E-state index is 12.9. The van der Waals surface area contributed by atoms with Gasteiger partial charge in [0, 0.05) is 38.6 Å². The van der Waals surface area contributed by atoms with Crippen LogP contribution in [0.25, 0.3) is 0 Å². The molecule has 254 valence electrons. The third-order valence-corrected chi connectivity index (χ3v) is 13.6. The van der Waals surface area contributed by atoms with E-state index in [1.165, 1.54) is 115 Å². The maximum atomic E-state index is 12.9. The standard InChI is InChI=1S/C39H61N5O2/c1-46-39(45)36-14-12-33-25-32(11-13-35(33)37(36)30-15-18-40-19-16-30)29-7-9-31(10-8-29)38-41-26-34(27-42-38)44-23-21-43(22-24-44)20-17-28-5-3-2-4-6-28/h15,26-29,31-33,35-37,40H,2-14,16-25H2,1H3. The number of nitrogens with one attached hydrogen (secondary N) is 1. The number of fused-ring (bicyclic) bond motifs is 1. The average molecular weight is 632 g/mol. The van der Waals surface area contributed by atoms with Gasteiger partial charge in [0.15, 0.2) is 0 Å². The topological polar surface area (TPSA) is 70.6 Å². The van der Waals surface area contributed by atoms with Gasteiger partial charge in [-0.1, -0.05) is 43.8 Å². The number of piperazine rings is 1. The summed E-state index contributed by atoms with van der Waals surface area (Å²) in [4.78, 5) is 27.9. The van der Waals surface area contributed by atoms with Gasteiger partial charge >= 0.3 is 5.97 Å². The van der Waals surface area contributed by atoms with Crippen LogP contribution in [0.3, 0.4) is 0 Å². The number of nitrogens with zero attached hydrogens (tertiary/aromatic N) is 4. The van der Waals surface area contributed by atoms with Gasteiger partial charge in [-0.2, -0.15) is 0 Å². The number of rotatable bonds is 8. The first-order valence-electron chi connectivity index (χ1n) is 19.4. The van der Waals surface area contributed by atoms with Gasteiger partial charge in [0.25, 0.3) is 0 Å². The van der Waals surface area contributed by atoms with Gasteiger partial charge in [-0.3, -0.25) is 9.69 Å². The molecule has 3 heterocycles. The van der Waals surface area contributed by atoms with Crippen LogP contribution in [0.1, 0.15) is 114 Å². The molecule has 1 aromatic heterocycles. The Kier molecular flexibility index (Phi) is 11.0. The number of esters is 1. The molecule has 4 aliphatic carbocycles. The quantitative estimate of drug-likeness (QED) is 0.245. The highest BCUT2D eigenvalue weighted by atomic mass is 16.5. The number of hydrogen-bond donors (Lipinski definition) is 1. The van der Waals surface area contributed by atoms with Gasteiger partial charge in [-0.25, -0.2) is 9.97 Å². The monoisotopic (exact) mass is 631 g/mol. The third-order valence-electron chi connectivity index (χ3n) is 13.6. The molecule has 2 aliphatic heterocycles. The molecule has 0 radical (unpaired) electrons. The zero-order chi connectivity index (χ0) is 31.3. The van der Waals surface area contributed by atoms with Gasteiger partial charge in [0.1, 0.15) is 5.82 Å². The second kappa shape index (κ2) is 15.5. The lowest BCUT2D eigenvalue weighted by molar-refractivity contribution is -0.150. The molecule has 0 aromatic carbocycles. The first kappa shape index (κ1) is 32.6. The van der Waals surface area contributed by atoms with Crippen molar-refractivity contribution in [1.29, 1.82) is 0 Å². The molecule has 46 heavy (non-hydrogen) atoms. The van der Waals surface area contributed by atoms with Gasteiger partial charge in [-0.15, -0.1) is 0 Å².